The van der Waals surface area contributed by atoms with Crippen molar-refractivity contribution in [2.75, 3.05) is 13.7 Å². The molecular weight excluding hydrogens is 431 g/mol. The van der Waals surface area contributed by atoms with E-state index in [4.69, 9.17) is 4.42 Å². The molecule has 2 aromatic carbocycles. The van der Waals surface area contributed by atoms with E-state index in [2.05, 4.69) is 14.6 Å². The molecule has 0 aliphatic heterocycles. The summed E-state index contributed by atoms with van der Waals surface area (Å²) in [6.45, 7) is 0.894. The molecule has 0 aliphatic carbocycles. The molecule has 2 heterocycles. The Kier molecular flexibility index (Phi) is 6.61. The Morgan fingerprint density at radius 1 is 1.09 bits per heavy atom. The Labute approximate surface area is 188 Å². The number of hydrogen-bond donors (Lipinski definition) is 1. The summed E-state index contributed by atoms with van der Waals surface area (Å²) in [7, 11) is 1.31. The van der Waals surface area contributed by atoms with Crippen molar-refractivity contribution in [3.8, 4) is 0 Å². The number of nitrogens with zero attached hydrogens (tertiary/aromatic N) is 1. The van der Waals surface area contributed by atoms with E-state index in [9.17, 15) is 14.0 Å². The zero-order valence-electron chi connectivity index (χ0n) is 17.3. The maximum absolute atomic E-state index is 13.8. The number of methoxy groups -OCH3 is 1. The van der Waals surface area contributed by atoms with Crippen LogP contribution in [0.25, 0.3) is 10.9 Å². The average molecular weight is 453 g/mol. The summed E-state index contributed by atoms with van der Waals surface area (Å²) >= 11 is 1.59. The highest BCUT2D eigenvalue weighted by Crippen LogP contribution is 2.32. The first kappa shape index (κ1) is 21.7. The number of para-hydroxylation sites is 1. The Hall–Kier alpha value is -3.52. The van der Waals surface area contributed by atoms with E-state index in [-0.39, 0.29) is 11.3 Å². The molecule has 4 rings (SSSR count). The third kappa shape index (κ3) is 4.70. The van der Waals surface area contributed by atoms with Crippen LogP contribution in [0, 0.1) is 5.82 Å². The first-order chi connectivity index (χ1) is 15.6. The summed E-state index contributed by atoms with van der Waals surface area (Å²) in [5, 5.41) is 3.85. The van der Waals surface area contributed by atoms with Gasteiger partial charge in [0.1, 0.15) is 11.6 Å². The van der Waals surface area contributed by atoms with E-state index < -0.39 is 17.7 Å². The number of thioether (sulfide) groups is 1. The number of esters is 1. The Morgan fingerprint density at radius 2 is 1.88 bits per heavy atom. The van der Waals surface area contributed by atoms with E-state index in [1.54, 1.807) is 36.0 Å². The molecule has 0 unspecified atom stereocenters. The van der Waals surface area contributed by atoms with Gasteiger partial charge >= 0.3 is 5.97 Å². The largest absolute Gasteiger partial charge is 0.463 e. The van der Waals surface area contributed by atoms with Gasteiger partial charge in [-0.05, 0) is 30.3 Å². The Morgan fingerprint density at radius 3 is 2.69 bits per heavy atom. The Bertz CT molecular complexity index is 1260. The molecular formula is C24H21FN2O4S. The predicted octanol–water partition coefficient (Wildman–Crippen LogP) is 4.88. The molecule has 0 aliphatic rings. The van der Waals surface area contributed by atoms with Crippen molar-refractivity contribution >= 4 is 34.5 Å². The van der Waals surface area contributed by atoms with Gasteiger partial charge in [0.15, 0.2) is 0 Å². The molecule has 4 aromatic rings. The summed E-state index contributed by atoms with van der Waals surface area (Å²) < 4.78 is 26.1. The van der Waals surface area contributed by atoms with Crippen LogP contribution in [-0.4, -0.2) is 30.1 Å². The first-order valence-corrected chi connectivity index (χ1v) is 11.0. The number of carbonyl (C=O) groups is 2. The van der Waals surface area contributed by atoms with Crippen LogP contribution in [0.15, 0.2) is 76.2 Å². The summed E-state index contributed by atoms with van der Waals surface area (Å²) in [4.78, 5) is 24.9. The summed E-state index contributed by atoms with van der Waals surface area (Å²) in [5.41, 5.74) is 1.07. The van der Waals surface area contributed by atoms with Crippen molar-refractivity contribution in [3.63, 3.8) is 0 Å². The van der Waals surface area contributed by atoms with Gasteiger partial charge in [-0.3, -0.25) is 4.79 Å². The van der Waals surface area contributed by atoms with Crippen molar-refractivity contribution < 1.29 is 23.1 Å². The van der Waals surface area contributed by atoms with Crippen LogP contribution in [-0.2, 0) is 17.0 Å². The van der Waals surface area contributed by atoms with Crippen molar-refractivity contribution in [2.24, 2.45) is 0 Å². The minimum atomic E-state index is -0.539. The van der Waals surface area contributed by atoms with E-state index in [1.807, 2.05) is 30.5 Å². The normalized spacial score (nSPS) is 10.9. The van der Waals surface area contributed by atoms with Crippen molar-refractivity contribution in [2.45, 2.75) is 17.2 Å². The van der Waals surface area contributed by atoms with Crippen LogP contribution in [0.3, 0.4) is 0 Å². The summed E-state index contributed by atoms with van der Waals surface area (Å²) in [6.07, 6.45) is 2.02. The topological polar surface area (TPSA) is 73.5 Å². The van der Waals surface area contributed by atoms with Gasteiger partial charge in [0.2, 0.25) is 5.76 Å². The highest BCUT2D eigenvalue weighted by Gasteiger charge is 2.14. The molecule has 0 spiro atoms. The number of halogens is 1. The van der Waals surface area contributed by atoms with Gasteiger partial charge in [-0.15, -0.1) is 11.8 Å². The third-order valence-corrected chi connectivity index (χ3v) is 5.99. The summed E-state index contributed by atoms with van der Waals surface area (Å²) in [5.74, 6) is -0.0813. The van der Waals surface area contributed by atoms with Crippen LogP contribution in [0.5, 0.6) is 0 Å². The Balaban J connectivity index is 1.43. The minimum Gasteiger partial charge on any atom is -0.463 e. The zero-order chi connectivity index (χ0) is 22.5. The van der Waals surface area contributed by atoms with E-state index in [0.29, 0.717) is 24.6 Å². The highest BCUT2D eigenvalue weighted by atomic mass is 32.2. The van der Waals surface area contributed by atoms with Gasteiger partial charge in [0.25, 0.3) is 5.91 Å². The number of aromatic nitrogens is 1. The molecule has 0 bridgehead atoms. The number of amides is 1. The molecule has 2 aromatic heterocycles. The van der Waals surface area contributed by atoms with Crippen molar-refractivity contribution in [1.82, 2.24) is 9.88 Å². The molecule has 32 heavy (non-hydrogen) atoms. The molecule has 1 N–H and O–H groups in total. The lowest BCUT2D eigenvalue weighted by atomic mass is 10.2. The second kappa shape index (κ2) is 9.74. The number of furan rings is 1. The number of benzene rings is 2. The van der Waals surface area contributed by atoms with Crippen LogP contribution >= 0.6 is 11.8 Å². The van der Waals surface area contributed by atoms with Crippen LogP contribution < -0.4 is 5.32 Å². The second-order valence-electron chi connectivity index (χ2n) is 6.99. The predicted molar refractivity (Wildman–Crippen MR) is 120 cm³/mol. The van der Waals surface area contributed by atoms with Gasteiger partial charge in [-0.2, -0.15) is 0 Å². The molecule has 0 saturated heterocycles. The van der Waals surface area contributed by atoms with E-state index in [0.717, 1.165) is 15.8 Å². The number of rotatable bonds is 8. The van der Waals surface area contributed by atoms with Gasteiger partial charge < -0.3 is 19.0 Å². The molecule has 0 fully saturated rings. The fourth-order valence-corrected chi connectivity index (χ4v) is 4.34. The monoisotopic (exact) mass is 452 g/mol. The molecule has 6 nitrogen and oxygen atoms in total. The lowest BCUT2D eigenvalue weighted by molar-refractivity contribution is 0.0563. The highest BCUT2D eigenvalue weighted by molar-refractivity contribution is 7.98. The number of nitrogens with one attached hydrogen (secondary N) is 1. The quantitative estimate of drug-likeness (QED) is 0.305. The van der Waals surface area contributed by atoms with Gasteiger partial charge in [-0.1, -0.05) is 30.3 Å². The molecule has 1 amide bonds. The van der Waals surface area contributed by atoms with Gasteiger partial charge in [0, 0.05) is 35.1 Å². The second-order valence-corrected chi connectivity index (χ2v) is 8.00. The minimum absolute atomic E-state index is 0.0332. The van der Waals surface area contributed by atoms with Crippen LogP contribution in [0.1, 0.15) is 26.7 Å². The smallest absolute Gasteiger partial charge is 0.373 e. The van der Waals surface area contributed by atoms with E-state index in [1.165, 1.54) is 19.2 Å². The number of fused-ring (bicyclic) bond motifs is 1. The number of carbonyl (C=O) groups excluding carboxylic acids is 2. The number of hydrogen-bond acceptors (Lipinski definition) is 5. The van der Waals surface area contributed by atoms with Crippen LogP contribution in [0.4, 0.5) is 4.39 Å². The zero-order valence-corrected chi connectivity index (χ0v) is 18.2. The molecule has 0 radical (unpaired) electrons. The fraction of sp³-hybridized carbons (Fsp3) is 0.167. The van der Waals surface area contributed by atoms with Crippen molar-refractivity contribution in [1.29, 1.82) is 0 Å². The van der Waals surface area contributed by atoms with Gasteiger partial charge in [0.05, 0.1) is 18.4 Å². The van der Waals surface area contributed by atoms with Crippen molar-refractivity contribution in [3.05, 3.63) is 89.8 Å². The maximum Gasteiger partial charge on any atom is 0.373 e. The third-order valence-electron chi connectivity index (χ3n) is 4.93. The lowest BCUT2D eigenvalue weighted by Crippen LogP contribution is -2.27. The maximum atomic E-state index is 13.8. The molecule has 0 atom stereocenters. The molecule has 8 heteroatoms. The lowest BCUT2D eigenvalue weighted by Gasteiger charge is -2.08. The summed E-state index contributed by atoms with van der Waals surface area (Å²) in [6, 6.07) is 17.3. The molecule has 0 saturated carbocycles. The standard InChI is InChI=1S/C24H21FN2O4S/c1-30-24(29)21-11-10-16(31-21)15-32-22-14-27(20-9-5-3-7-18(20)22)13-12-26-23(28)17-6-2-4-8-19(17)25/h2-11,14H,12-13,15H2,1H3,(H,26,28). The fourth-order valence-electron chi connectivity index (χ4n) is 3.36. The van der Waals surface area contributed by atoms with E-state index >= 15 is 0 Å². The SMILES string of the molecule is COC(=O)c1ccc(CSc2cn(CCNC(=O)c3ccccc3F)c3ccccc23)o1. The number of ether oxygens (including phenoxy) is 1. The van der Waals surface area contributed by atoms with Crippen LogP contribution in [0.2, 0.25) is 0 Å². The molecule has 164 valence electrons. The average Bonchev–Trinajstić information content (AvgIpc) is 3.42. The first-order valence-electron chi connectivity index (χ1n) is 9.97. The van der Waals surface area contributed by atoms with Gasteiger partial charge in [-0.25, -0.2) is 9.18 Å².